The Hall–Kier alpha value is -1.40. The molecule has 1 amide bonds. The highest BCUT2D eigenvalue weighted by atomic mass is 35.5. The van der Waals surface area contributed by atoms with Gasteiger partial charge in [0, 0.05) is 10.7 Å². The number of hydrazone groups is 1. The lowest BCUT2D eigenvalue weighted by atomic mass is 10.2. The Bertz CT molecular complexity index is 450. The number of hydrogen-bond acceptors (Lipinski definition) is 4. The summed E-state index contributed by atoms with van der Waals surface area (Å²) in [6.45, 7) is 1.88. The Morgan fingerprint density at radius 2 is 2.29 bits per heavy atom. The van der Waals surface area contributed by atoms with Crippen LogP contribution in [0.1, 0.15) is 5.56 Å². The molecule has 0 bridgehead atoms. The fourth-order valence-electron chi connectivity index (χ4n) is 1.09. The molecule has 0 unspecified atom stereocenters. The maximum Gasteiger partial charge on any atom is 0.234 e. The van der Waals surface area contributed by atoms with Gasteiger partial charge in [-0.05, 0) is 24.6 Å². The third-order valence-corrected chi connectivity index (χ3v) is 2.99. The maximum absolute atomic E-state index is 11.6. The van der Waals surface area contributed by atoms with E-state index in [0.29, 0.717) is 10.7 Å². The Labute approximate surface area is 109 Å². The van der Waals surface area contributed by atoms with Crippen LogP contribution in [0.3, 0.4) is 0 Å². The SMILES string of the molecule is Cc1ccc(Cl)cc1NC(=O)CSC(N)=NN. The highest BCUT2D eigenvalue weighted by molar-refractivity contribution is 8.14. The second-order valence-corrected chi connectivity index (χ2v) is 4.70. The van der Waals surface area contributed by atoms with Crippen molar-refractivity contribution in [2.45, 2.75) is 6.92 Å². The van der Waals surface area contributed by atoms with E-state index in [-0.39, 0.29) is 16.8 Å². The summed E-state index contributed by atoms with van der Waals surface area (Å²) in [5.74, 6) is 4.91. The van der Waals surface area contributed by atoms with Crippen LogP contribution in [0.25, 0.3) is 0 Å². The molecule has 1 aromatic rings. The van der Waals surface area contributed by atoms with Gasteiger partial charge in [0.2, 0.25) is 5.91 Å². The zero-order valence-electron chi connectivity index (χ0n) is 9.24. The van der Waals surface area contributed by atoms with Crippen LogP contribution < -0.4 is 16.9 Å². The molecule has 92 valence electrons. The van der Waals surface area contributed by atoms with Crippen molar-refractivity contribution in [3.05, 3.63) is 28.8 Å². The molecule has 17 heavy (non-hydrogen) atoms. The average Bonchev–Trinajstić information content (AvgIpc) is 2.30. The van der Waals surface area contributed by atoms with Gasteiger partial charge in [-0.2, -0.15) is 5.10 Å². The Morgan fingerprint density at radius 1 is 1.59 bits per heavy atom. The predicted octanol–water partition coefficient (Wildman–Crippen LogP) is 1.51. The van der Waals surface area contributed by atoms with Gasteiger partial charge in [0.1, 0.15) is 0 Å². The molecule has 0 aromatic heterocycles. The molecule has 0 aliphatic rings. The van der Waals surface area contributed by atoms with Crippen molar-refractivity contribution >= 4 is 40.1 Å². The standard InChI is InChI=1S/C10H13ClN4OS/c1-6-2-3-7(11)4-8(6)14-9(16)5-17-10(12)15-13/h2-4H,5,13H2,1H3,(H2,12,15)(H,14,16). The van der Waals surface area contributed by atoms with E-state index in [1.165, 1.54) is 0 Å². The highest BCUT2D eigenvalue weighted by Crippen LogP contribution is 2.20. The number of amides is 1. The lowest BCUT2D eigenvalue weighted by molar-refractivity contribution is -0.113. The molecule has 0 saturated heterocycles. The van der Waals surface area contributed by atoms with Crippen molar-refractivity contribution in [1.29, 1.82) is 0 Å². The van der Waals surface area contributed by atoms with E-state index in [4.69, 9.17) is 23.2 Å². The molecular formula is C10H13ClN4OS. The van der Waals surface area contributed by atoms with E-state index < -0.39 is 0 Å². The molecular weight excluding hydrogens is 260 g/mol. The van der Waals surface area contributed by atoms with E-state index in [0.717, 1.165) is 17.3 Å². The number of aryl methyl sites for hydroxylation is 1. The van der Waals surface area contributed by atoms with Gasteiger partial charge in [0.05, 0.1) is 5.75 Å². The summed E-state index contributed by atoms with van der Waals surface area (Å²) in [5.41, 5.74) is 6.98. The topological polar surface area (TPSA) is 93.5 Å². The van der Waals surface area contributed by atoms with E-state index in [1.807, 2.05) is 13.0 Å². The number of hydrogen-bond donors (Lipinski definition) is 3. The third kappa shape index (κ3) is 4.54. The number of nitrogens with one attached hydrogen (secondary N) is 1. The van der Waals surface area contributed by atoms with Gasteiger partial charge in [-0.1, -0.05) is 29.4 Å². The van der Waals surface area contributed by atoms with Crippen molar-refractivity contribution in [3.63, 3.8) is 0 Å². The molecule has 0 atom stereocenters. The molecule has 0 aliphatic heterocycles. The summed E-state index contributed by atoms with van der Waals surface area (Å²) < 4.78 is 0. The van der Waals surface area contributed by atoms with Gasteiger partial charge in [-0.25, -0.2) is 0 Å². The second-order valence-electron chi connectivity index (χ2n) is 3.26. The number of carbonyl (C=O) groups is 1. The monoisotopic (exact) mass is 272 g/mol. The molecule has 1 aromatic carbocycles. The maximum atomic E-state index is 11.6. The van der Waals surface area contributed by atoms with E-state index in [9.17, 15) is 4.79 Å². The number of halogens is 1. The summed E-state index contributed by atoms with van der Waals surface area (Å²) in [6, 6.07) is 5.29. The van der Waals surface area contributed by atoms with E-state index in [1.54, 1.807) is 12.1 Å². The Morgan fingerprint density at radius 3 is 2.94 bits per heavy atom. The minimum Gasteiger partial charge on any atom is -0.377 e. The summed E-state index contributed by atoms with van der Waals surface area (Å²) in [6.07, 6.45) is 0. The normalized spacial score (nSPS) is 11.3. The summed E-state index contributed by atoms with van der Waals surface area (Å²) >= 11 is 6.91. The van der Waals surface area contributed by atoms with Crippen LogP contribution in [-0.2, 0) is 4.79 Å². The van der Waals surface area contributed by atoms with E-state index in [2.05, 4.69) is 10.4 Å². The first-order valence-electron chi connectivity index (χ1n) is 4.75. The number of thioether (sulfide) groups is 1. The van der Waals surface area contributed by atoms with Crippen LogP contribution in [-0.4, -0.2) is 16.8 Å². The second kappa shape index (κ2) is 6.36. The predicted molar refractivity (Wildman–Crippen MR) is 73.1 cm³/mol. The first-order chi connectivity index (χ1) is 8.02. The van der Waals surface area contributed by atoms with Crippen molar-refractivity contribution in [2.75, 3.05) is 11.1 Å². The number of rotatable bonds is 3. The van der Waals surface area contributed by atoms with Gasteiger partial charge in [-0.15, -0.1) is 0 Å². The third-order valence-electron chi connectivity index (χ3n) is 1.95. The minimum absolute atomic E-state index is 0.151. The molecule has 5 nitrogen and oxygen atoms in total. The van der Waals surface area contributed by atoms with Crippen LogP contribution in [0.2, 0.25) is 5.02 Å². The summed E-state index contributed by atoms with van der Waals surface area (Å²) in [5, 5.41) is 6.73. The number of nitrogens with zero attached hydrogens (tertiary/aromatic N) is 1. The quantitative estimate of drug-likeness (QED) is 0.336. The van der Waals surface area contributed by atoms with Gasteiger partial charge in [0.15, 0.2) is 5.17 Å². The fourth-order valence-corrected chi connectivity index (χ4v) is 1.69. The van der Waals surface area contributed by atoms with Crippen LogP contribution >= 0.6 is 23.4 Å². The lowest BCUT2D eigenvalue weighted by Gasteiger charge is -2.08. The van der Waals surface area contributed by atoms with Gasteiger partial charge < -0.3 is 16.9 Å². The lowest BCUT2D eigenvalue weighted by Crippen LogP contribution is -2.18. The largest absolute Gasteiger partial charge is 0.377 e. The number of carbonyl (C=O) groups excluding carboxylic acids is 1. The number of anilines is 1. The van der Waals surface area contributed by atoms with Crippen molar-refractivity contribution < 1.29 is 4.79 Å². The molecule has 0 heterocycles. The van der Waals surface area contributed by atoms with Crippen molar-refractivity contribution in [2.24, 2.45) is 16.7 Å². The van der Waals surface area contributed by atoms with E-state index >= 15 is 0 Å². The number of nitrogens with two attached hydrogens (primary N) is 2. The van der Waals surface area contributed by atoms with Gasteiger partial charge in [0.25, 0.3) is 0 Å². The summed E-state index contributed by atoms with van der Waals surface area (Å²) in [7, 11) is 0. The molecule has 0 aliphatic carbocycles. The number of amidine groups is 1. The molecule has 1 rings (SSSR count). The smallest absolute Gasteiger partial charge is 0.234 e. The molecule has 0 radical (unpaired) electrons. The zero-order valence-corrected chi connectivity index (χ0v) is 10.8. The van der Waals surface area contributed by atoms with Crippen LogP contribution in [0.5, 0.6) is 0 Å². The van der Waals surface area contributed by atoms with Gasteiger partial charge in [-0.3, -0.25) is 4.79 Å². The van der Waals surface area contributed by atoms with Crippen LogP contribution in [0.15, 0.2) is 23.3 Å². The summed E-state index contributed by atoms with van der Waals surface area (Å²) in [4.78, 5) is 11.6. The zero-order chi connectivity index (χ0) is 12.8. The first kappa shape index (κ1) is 13.7. The number of benzene rings is 1. The molecule has 0 fully saturated rings. The Balaban J connectivity index is 2.59. The molecule has 0 spiro atoms. The van der Waals surface area contributed by atoms with Crippen LogP contribution in [0.4, 0.5) is 5.69 Å². The average molecular weight is 273 g/mol. The molecule has 0 saturated carbocycles. The van der Waals surface area contributed by atoms with Crippen LogP contribution in [0, 0.1) is 6.92 Å². The molecule has 7 heteroatoms. The highest BCUT2D eigenvalue weighted by Gasteiger charge is 2.06. The Kier molecular flexibility index (Phi) is 5.11. The first-order valence-corrected chi connectivity index (χ1v) is 6.11. The van der Waals surface area contributed by atoms with Crippen molar-refractivity contribution in [1.82, 2.24) is 0 Å². The molecule has 5 N–H and O–H groups in total. The minimum atomic E-state index is -0.188. The fraction of sp³-hybridized carbons (Fsp3) is 0.200. The van der Waals surface area contributed by atoms with Gasteiger partial charge >= 0.3 is 0 Å². The van der Waals surface area contributed by atoms with Crippen molar-refractivity contribution in [3.8, 4) is 0 Å².